The van der Waals surface area contributed by atoms with Crippen molar-refractivity contribution in [3.05, 3.63) is 29.8 Å². The lowest BCUT2D eigenvalue weighted by molar-refractivity contribution is 0.170. The van der Waals surface area contributed by atoms with Gasteiger partial charge in [-0.2, -0.15) is 0 Å². The fourth-order valence-corrected chi connectivity index (χ4v) is 4.99. The molecule has 0 bridgehead atoms. The van der Waals surface area contributed by atoms with Gasteiger partial charge in [-0.05, 0) is 73.0 Å². The number of nitrogens with zero attached hydrogens (tertiary/aromatic N) is 1. The SMILES string of the molecule is CC(C)(C)c1ccc(NC(=NC2CCC(C(C)(C)C)CC2)NC2CCCCC2)cc1. The molecule has 0 atom stereocenters. The topological polar surface area (TPSA) is 36.4 Å². The van der Waals surface area contributed by atoms with Crippen LogP contribution in [0.5, 0.6) is 0 Å². The molecule has 1 aromatic carbocycles. The fraction of sp³-hybridized carbons (Fsp3) is 0.741. The molecule has 3 nitrogen and oxygen atoms in total. The molecule has 2 N–H and O–H groups in total. The second-order valence-electron chi connectivity index (χ2n) is 11.8. The van der Waals surface area contributed by atoms with Gasteiger partial charge < -0.3 is 10.6 Å². The van der Waals surface area contributed by atoms with E-state index in [1.165, 1.54) is 63.4 Å². The van der Waals surface area contributed by atoms with Crippen molar-refractivity contribution in [3.8, 4) is 0 Å². The molecular formula is C27H45N3. The zero-order valence-corrected chi connectivity index (χ0v) is 20.4. The minimum atomic E-state index is 0.182. The van der Waals surface area contributed by atoms with E-state index < -0.39 is 0 Å². The number of aliphatic imine (C=N–C) groups is 1. The summed E-state index contributed by atoms with van der Waals surface area (Å²) in [7, 11) is 0. The van der Waals surface area contributed by atoms with Crippen molar-refractivity contribution in [2.45, 2.75) is 117 Å². The minimum absolute atomic E-state index is 0.182. The molecule has 3 rings (SSSR count). The molecule has 0 aromatic heterocycles. The molecule has 2 aliphatic carbocycles. The average Bonchev–Trinajstić information content (AvgIpc) is 2.68. The predicted molar refractivity (Wildman–Crippen MR) is 131 cm³/mol. The Morgan fingerprint density at radius 1 is 0.800 bits per heavy atom. The molecule has 0 amide bonds. The third-order valence-corrected chi connectivity index (χ3v) is 7.19. The van der Waals surface area contributed by atoms with Gasteiger partial charge in [0.15, 0.2) is 5.96 Å². The lowest BCUT2D eigenvalue weighted by Crippen LogP contribution is -2.41. The third kappa shape index (κ3) is 6.75. The number of nitrogens with one attached hydrogen (secondary N) is 2. The van der Waals surface area contributed by atoms with Gasteiger partial charge in [0, 0.05) is 11.7 Å². The van der Waals surface area contributed by atoms with E-state index in [-0.39, 0.29) is 5.41 Å². The number of anilines is 1. The molecule has 0 aliphatic heterocycles. The monoisotopic (exact) mass is 411 g/mol. The van der Waals surface area contributed by atoms with Crippen LogP contribution in [0.1, 0.15) is 105 Å². The Morgan fingerprint density at radius 2 is 1.40 bits per heavy atom. The Balaban J connectivity index is 1.69. The number of hydrogen-bond donors (Lipinski definition) is 2. The molecule has 0 spiro atoms. The summed E-state index contributed by atoms with van der Waals surface area (Å²) in [5, 5.41) is 7.41. The highest BCUT2D eigenvalue weighted by Gasteiger charge is 2.30. The first kappa shape index (κ1) is 23.2. The van der Waals surface area contributed by atoms with E-state index in [4.69, 9.17) is 4.99 Å². The summed E-state index contributed by atoms with van der Waals surface area (Å²) in [5.74, 6) is 1.82. The predicted octanol–water partition coefficient (Wildman–Crippen LogP) is 7.28. The van der Waals surface area contributed by atoms with Crippen LogP contribution in [0.2, 0.25) is 0 Å². The van der Waals surface area contributed by atoms with Crippen LogP contribution in [-0.4, -0.2) is 18.0 Å². The maximum Gasteiger partial charge on any atom is 0.196 e. The van der Waals surface area contributed by atoms with Gasteiger partial charge in [0.25, 0.3) is 0 Å². The molecule has 0 radical (unpaired) electrons. The summed E-state index contributed by atoms with van der Waals surface area (Å²) in [5.41, 5.74) is 3.10. The van der Waals surface area contributed by atoms with E-state index in [0.29, 0.717) is 17.5 Å². The van der Waals surface area contributed by atoms with Gasteiger partial charge in [0.1, 0.15) is 0 Å². The first-order valence-electron chi connectivity index (χ1n) is 12.3. The van der Waals surface area contributed by atoms with Crippen molar-refractivity contribution in [1.29, 1.82) is 0 Å². The van der Waals surface area contributed by atoms with Crippen molar-refractivity contribution < 1.29 is 0 Å². The quantitative estimate of drug-likeness (QED) is 0.405. The van der Waals surface area contributed by atoms with Gasteiger partial charge in [0.2, 0.25) is 0 Å². The van der Waals surface area contributed by atoms with E-state index in [9.17, 15) is 0 Å². The number of guanidine groups is 1. The Kier molecular flexibility index (Phi) is 7.52. The molecule has 0 unspecified atom stereocenters. The van der Waals surface area contributed by atoms with E-state index in [1.54, 1.807) is 0 Å². The van der Waals surface area contributed by atoms with Crippen LogP contribution < -0.4 is 10.6 Å². The molecule has 168 valence electrons. The van der Waals surface area contributed by atoms with Crippen LogP contribution in [-0.2, 0) is 5.41 Å². The summed E-state index contributed by atoms with van der Waals surface area (Å²) < 4.78 is 0. The molecule has 3 heteroatoms. The second-order valence-corrected chi connectivity index (χ2v) is 11.8. The van der Waals surface area contributed by atoms with Crippen LogP contribution in [0, 0.1) is 11.3 Å². The first-order valence-corrected chi connectivity index (χ1v) is 12.3. The number of hydrogen-bond acceptors (Lipinski definition) is 1. The molecule has 30 heavy (non-hydrogen) atoms. The van der Waals surface area contributed by atoms with Gasteiger partial charge >= 0.3 is 0 Å². The standard InChI is InChI=1S/C27H45N3/c1-26(2,3)20-12-16-23(17-13-20)29-25(28-22-10-8-7-9-11-22)30-24-18-14-21(15-19-24)27(4,5)6/h12-13,16-17,21-22,24H,7-11,14-15,18-19H2,1-6H3,(H2,28,29,30). The average molecular weight is 412 g/mol. The van der Waals surface area contributed by atoms with Crippen LogP contribution in [0.25, 0.3) is 0 Å². The highest BCUT2D eigenvalue weighted by Crippen LogP contribution is 2.38. The van der Waals surface area contributed by atoms with E-state index in [2.05, 4.69) is 76.4 Å². The first-order chi connectivity index (χ1) is 14.1. The Hall–Kier alpha value is -1.51. The molecule has 0 saturated heterocycles. The van der Waals surface area contributed by atoms with E-state index >= 15 is 0 Å². The number of benzene rings is 1. The third-order valence-electron chi connectivity index (χ3n) is 7.19. The normalized spacial score (nSPS) is 24.5. The molecule has 2 fully saturated rings. The van der Waals surface area contributed by atoms with Crippen molar-refractivity contribution in [1.82, 2.24) is 5.32 Å². The maximum absolute atomic E-state index is 5.21. The Morgan fingerprint density at radius 3 is 1.93 bits per heavy atom. The smallest absolute Gasteiger partial charge is 0.196 e. The zero-order chi connectivity index (χ0) is 21.8. The zero-order valence-electron chi connectivity index (χ0n) is 20.4. The summed E-state index contributed by atoms with van der Waals surface area (Å²) in [6.07, 6.45) is 11.6. The largest absolute Gasteiger partial charge is 0.353 e. The van der Waals surface area contributed by atoms with E-state index in [0.717, 1.165) is 17.6 Å². The van der Waals surface area contributed by atoms with Crippen molar-refractivity contribution in [2.75, 3.05) is 5.32 Å². The summed E-state index contributed by atoms with van der Waals surface area (Å²) in [4.78, 5) is 5.21. The van der Waals surface area contributed by atoms with Crippen LogP contribution >= 0.6 is 0 Å². The molecular weight excluding hydrogens is 366 g/mol. The second kappa shape index (κ2) is 9.75. The molecule has 0 heterocycles. The summed E-state index contributed by atoms with van der Waals surface area (Å²) in [6.45, 7) is 14.0. The molecule has 2 saturated carbocycles. The minimum Gasteiger partial charge on any atom is -0.353 e. The summed E-state index contributed by atoms with van der Waals surface area (Å²) >= 11 is 0. The van der Waals surface area contributed by atoms with Crippen molar-refractivity contribution >= 4 is 11.6 Å². The van der Waals surface area contributed by atoms with Gasteiger partial charge in [-0.25, -0.2) is 4.99 Å². The lowest BCUT2D eigenvalue weighted by atomic mass is 9.71. The fourth-order valence-electron chi connectivity index (χ4n) is 4.99. The van der Waals surface area contributed by atoms with Crippen LogP contribution in [0.3, 0.4) is 0 Å². The molecule has 1 aromatic rings. The number of rotatable bonds is 3. The maximum atomic E-state index is 5.21. The highest BCUT2D eigenvalue weighted by molar-refractivity contribution is 5.94. The Labute approximate surface area is 185 Å². The Bertz CT molecular complexity index is 676. The lowest BCUT2D eigenvalue weighted by Gasteiger charge is -2.36. The van der Waals surface area contributed by atoms with Gasteiger partial charge in [0.05, 0.1) is 6.04 Å². The molecule has 2 aliphatic rings. The summed E-state index contributed by atoms with van der Waals surface area (Å²) in [6, 6.07) is 9.90. The van der Waals surface area contributed by atoms with Crippen LogP contribution in [0.15, 0.2) is 29.3 Å². The van der Waals surface area contributed by atoms with Crippen molar-refractivity contribution in [3.63, 3.8) is 0 Å². The van der Waals surface area contributed by atoms with Crippen LogP contribution in [0.4, 0.5) is 5.69 Å². The van der Waals surface area contributed by atoms with Gasteiger partial charge in [-0.3, -0.25) is 0 Å². The highest BCUT2D eigenvalue weighted by atomic mass is 15.2. The van der Waals surface area contributed by atoms with E-state index in [1.807, 2.05) is 0 Å². The van der Waals surface area contributed by atoms with Gasteiger partial charge in [-0.15, -0.1) is 0 Å². The van der Waals surface area contributed by atoms with Gasteiger partial charge in [-0.1, -0.05) is 72.9 Å². The van der Waals surface area contributed by atoms with Crippen molar-refractivity contribution in [2.24, 2.45) is 16.3 Å².